The second-order valence-corrected chi connectivity index (χ2v) is 8.18. The van der Waals surface area contributed by atoms with Gasteiger partial charge in [-0.1, -0.05) is 6.07 Å². The number of rotatable bonds is 5. The van der Waals surface area contributed by atoms with Crippen LogP contribution in [-0.2, 0) is 6.42 Å². The first kappa shape index (κ1) is 18.2. The number of pyridine rings is 2. The van der Waals surface area contributed by atoms with Gasteiger partial charge in [0, 0.05) is 49.2 Å². The van der Waals surface area contributed by atoms with E-state index in [2.05, 4.69) is 15.3 Å². The van der Waals surface area contributed by atoms with Gasteiger partial charge in [-0.15, -0.1) is 0 Å². The highest BCUT2D eigenvalue weighted by Gasteiger charge is 2.54. The van der Waals surface area contributed by atoms with Gasteiger partial charge in [0.1, 0.15) is 5.82 Å². The van der Waals surface area contributed by atoms with E-state index in [-0.39, 0.29) is 31.6 Å². The Labute approximate surface area is 155 Å². The Bertz CT molecular complexity index is 822. The summed E-state index contributed by atoms with van der Waals surface area (Å²) in [5, 5.41) is 3.16. The van der Waals surface area contributed by atoms with E-state index in [9.17, 15) is 17.6 Å². The molecular weight excluding hydrogens is 358 g/mol. The maximum Gasteiger partial charge on any atom is 0.252 e. The molecule has 144 valence electrons. The summed E-state index contributed by atoms with van der Waals surface area (Å²) >= 11 is 0. The van der Waals surface area contributed by atoms with E-state index in [1.54, 1.807) is 25.4 Å². The average molecular weight is 379 g/mol. The molecule has 7 heteroatoms. The topological polar surface area (TPSA) is 37.8 Å². The number of nitrogens with zero attached hydrogens (tertiary/aromatic N) is 2. The molecule has 1 N–H and O–H groups in total. The van der Waals surface area contributed by atoms with Crippen molar-refractivity contribution >= 4 is 5.82 Å². The van der Waals surface area contributed by atoms with Gasteiger partial charge >= 0.3 is 0 Å². The van der Waals surface area contributed by atoms with Crippen LogP contribution in [0.25, 0.3) is 11.3 Å². The molecule has 2 aromatic heterocycles. The molecule has 2 saturated carbocycles. The smallest absolute Gasteiger partial charge is 0.252 e. The standard InChI is InChI=1S/C20H21F4N3/c1-18(11-20(23,24)12-18)27-17-14(7-13-8-19(21,22)9-13)4-5-16(26-17)15-3-2-6-25-10-15/h2-6,10,13H,7-9,11-12H2,1H3,(H,26,27). The van der Waals surface area contributed by atoms with Crippen LogP contribution in [0, 0.1) is 5.92 Å². The number of alkyl halides is 4. The largest absolute Gasteiger partial charge is 0.364 e. The molecule has 2 heterocycles. The number of nitrogens with one attached hydrogen (secondary N) is 1. The minimum absolute atomic E-state index is 0.109. The number of halogens is 4. The molecule has 0 bridgehead atoms. The lowest BCUT2D eigenvalue weighted by Crippen LogP contribution is -2.55. The van der Waals surface area contributed by atoms with Crippen LogP contribution in [0.15, 0.2) is 36.7 Å². The van der Waals surface area contributed by atoms with E-state index in [4.69, 9.17) is 0 Å². The minimum Gasteiger partial charge on any atom is -0.364 e. The summed E-state index contributed by atoms with van der Waals surface area (Å²) in [4.78, 5) is 8.70. The van der Waals surface area contributed by atoms with Gasteiger partial charge in [0.05, 0.1) is 5.69 Å². The first-order valence-corrected chi connectivity index (χ1v) is 9.07. The molecule has 27 heavy (non-hydrogen) atoms. The number of aromatic nitrogens is 2. The van der Waals surface area contributed by atoms with Crippen molar-refractivity contribution in [3.05, 3.63) is 42.2 Å². The monoisotopic (exact) mass is 379 g/mol. The summed E-state index contributed by atoms with van der Waals surface area (Å²) in [6.45, 7) is 1.74. The second kappa shape index (κ2) is 6.17. The fourth-order valence-electron chi connectivity index (χ4n) is 4.14. The average Bonchev–Trinajstić information content (AvgIpc) is 2.53. The summed E-state index contributed by atoms with van der Waals surface area (Å²) in [6, 6.07) is 7.34. The molecule has 0 atom stereocenters. The van der Waals surface area contributed by atoms with E-state index in [0.29, 0.717) is 17.9 Å². The van der Waals surface area contributed by atoms with E-state index < -0.39 is 17.4 Å². The molecule has 0 amide bonds. The number of anilines is 1. The van der Waals surface area contributed by atoms with Crippen molar-refractivity contribution in [3.63, 3.8) is 0 Å². The van der Waals surface area contributed by atoms with E-state index in [0.717, 1.165) is 11.1 Å². The lowest BCUT2D eigenvalue weighted by atomic mass is 9.74. The van der Waals surface area contributed by atoms with Gasteiger partial charge < -0.3 is 5.32 Å². The highest BCUT2D eigenvalue weighted by molar-refractivity contribution is 5.62. The summed E-state index contributed by atoms with van der Waals surface area (Å²) in [5.74, 6) is -4.85. The molecule has 2 aliphatic rings. The molecule has 0 spiro atoms. The Morgan fingerprint density at radius 3 is 2.41 bits per heavy atom. The molecule has 2 fully saturated rings. The third kappa shape index (κ3) is 3.92. The van der Waals surface area contributed by atoms with Crippen molar-refractivity contribution in [2.45, 2.75) is 56.4 Å². The summed E-state index contributed by atoms with van der Waals surface area (Å²) < 4.78 is 53.1. The quantitative estimate of drug-likeness (QED) is 0.714. The van der Waals surface area contributed by atoms with Gasteiger partial charge in [0.15, 0.2) is 0 Å². The van der Waals surface area contributed by atoms with Gasteiger partial charge in [-0.3, -0.25) is 4.98 Å². The van der Waals surface area contributed by atoms with E-state index in [1.165, 1.54) is 0 Å². The van der Waals surface area contributed by atoms with Crippen LogP contribution in [0.1, 0.15) is 38.2 Å². The number of hydrogen-bond acceptors (Lipinski definition) is 3. The van der Waals surface area contributed by atoms with Crippen LogP contribution in [0.4, 0.5) is 23.4 Å². The Balaban J connectivity index is 1.60. The normalized spacial score (nSPS) is 22.6. The molecule has 4 rings (SSSR count). The summed E-state index contributed by atoms with van der Waals surface area (Å²) in [5.41, 5.74) is 1.52. The molecular formula is C20H21F4N3. The van der Waals surface area contributed by atoms with Crippen molar-refractivity contribution in [3.8, 4) is 11.3 Å². The van der Waals surface area contributed by atoms with E-state index >= 15 is 0 Å². The maximum atomic E-state index is 13.4. The van der Waals surface area contributed by atoms with Crippen molar-refractivity contribution in [2.24, 2.45) is 5.92 Å². The van der Waals surface area contributed by atoms with Crippen molar-refractivity contribution in [1.29, 1.82) is 0 Å². The molecule has 3 nitrogen and oxygen atoms in total. The Morgan fingerprint density at radius 2 is 1.81 bits per heavy atom. The third-order valence-electron chi connectivity index (χ3n) is 5.34. The van der Waals surface area contributed by atoms with Gasteiger partial charge in [0.25, 0.3) is 5.92 Å². The Kier molecular flexibility index (Phi) is 4.16. The van der Waals surface area contributed by atoms with Gasteiger partial charge in [0.2, 0.25) is 5.92 Å². The molecule has 0 unspecified atom stereocenters. The zero-order valence-corrected chi connectivity index (χ0v) is 15.0. The summed E-state index contributed by atoms with van der Waals surface area (Å²) in [6.07, 6.45) is 3.01. The lowest BCUT2D eigenvalue weighted by Gasteiger charge is -2.46. The molecule has 2 aliphatic carbocycles. The maximum absolute atomic E-state index is 13.4. The van der Waals surface area contributed by atoms with Crippen molar-refractivity contribution < 1.29 is 17.6 Å². The van der Waals surface area contributed by atoms with Crippen molar-refractivity contribution in [1.82, 2.24) is 9.97 Å². The third-order valence-corrected chi connectivity index (χ3v) is 5.34. The van der Waals surface area contributed by atoms with Crippen LogP contribution >= 0.6 is 0 Å². The molecule has 0 aromatic carbocycles. The second-order valence-electron chi connectivity index (χ2n) is 8.18. The highest BCUT2D eigenvalue weighted by atomic mass is 19.3. The predicted molar refractivity (Wildman–Crippen MR) is 95.1 cm³/mol. The fraction of sp³-hybridized carbons (Fsp3) is 0.500. The van der Waals surface area contributed by atoms with Crippen LogP contribution in [0.5, 0.6) is 0 Å². The lowest BCUT2D eigenvalue weighted by molar-refractivity contribution is -0.111. The van der Waals surface area contributed by atoms with E-state index in [1.807, 2.05) is 18.2 Å². The Morgan fingerprint density at radius 1 is 1.07 bits per heavy atom. The SMILES string of the molecule is CC1(Nc2nc(-c3cccnc3)ccc2CC2CC(F)(F)C2)CC(F)(F)C1. The van der Waals surface area contributed by atoms with Crippen LogP contribution in [0.2, 0.25) is 0 Å². The van der Waals surface area contributed by atoms with Crippen LogP contribution < -0.4 is 5.32 Å². The molecule has 2 aromatic rings. The highest BCUT2D eigenvalue weighted by Crippen LogP contribution is 2.48. The molecule has 0 radical (unpaired) electrons. The van der Waals surface area contributed by atoms with Gasteiger partial charge in [-0.2, -0.15) is 0 Å². The van der Waals surface area contributed by atoms with Gasteiger partial charge in [-0.05, 0) is 43.0 Å². The predicted octanol–water partition coefficient (Wildman–Crippen LogP) is 5.33. The van der Waals surface area contributed by atoms with Crippen LogP contribution in [0.3, 0.4) is 0 Å². The first-order valence-electron chi connectivity index (χ1n) is 9.07. The van der Waals surface area contributed by atoms with Crippen molar-refractivity contribution in [2.75, 3.05) is 5.32 Å². The Hall–Kier alpha value is -2.18. The van der Waals surface area contributed by atoms with Gasteiger partial charge in [-0.25, -0.2) is 22.5 Å². The molecule has 0 saturated heterocycles. The van der Waals surface area contributed by atoms with Crippen LogP contribution in [-0.4, -0.2) is 27.4 Å². The molecule has 0 aliphatic heterocycles. The fourth-order valence-corrected chi connectivity index (χ4v) is 4.14. The zero-order chi connectivity index (χ0) is 19.3. The minimum atomic E-state index is -2.67. The zero-order valence-electron chi connectivity index (χ0n) is 15.0. The number of hydrogen-bond donors (Lipinski definition) is 1. The first-order chi connectivity index (χ1) is 12.6. The summed E-state index contributed by atoms with van der Waals surface area (Å²) in [7, 11) is 0.